The number of para-hydroxylation sites is 1. The van der Waals surface area contributed by atoms with Gasteiger partial charge in [-0.25, -0.2) is 4.79 Å². The van der Waals surface area contributed by atoms with Gasteiger partial charge in [0.2, 0.25) is 0 Å². The smallest absolute Gasteiger partial charge is 0.348 e. The van der Waals surface area contributed by atoms with Crippen LogP contribution >= 0.6 is 27.7 Å². The van der Waals surface area contributed by atoms with Crippen LogP contribution in [0.3, 0.4) is 0 Å². The van der Waals surface area contributed by atoms with Gasteiger partial charge in [-0.15, -0.1) is 11.8 Å². The molecule has 0 bridgehead atoms. The Balaban J connectivity index is 1.91. The van der Waals surface area contributed by atoms with Crippen molar-refractivity contribution < 1.29 is 9.52 Å². The summed E-state index contributed by atoms with van der Waals surface area (Å²) in [5, 5.41) is 10.7. The van der Waals surface area contributed by atoms with Crippen LogP contribution in [0, 0.1) is 6.92 Å². The molecule has 0 unspecified atom stereocenters. The molecule has 0 saturated heterocycles. The van der Waals surface area contributed by atoms with Crippen molar-refractivity contribution >= 4 is 39.1 Å². The van der Waals surface area contributed by atoms with E-state index in [1.165, 1.54) is 0 Å². The van der Waals surface area contributed by atoms with Crippen molar-refractivity contribution in [1.29, 1.82) is 0 Å². The second-order valence-corrected chi connectivity index (χ2v) is 8.27. The van der Waals surface area contributed by atoms with E-state index in [0.717, 1.165) is 16.1 Å². The van der Waals surface area contributed by atoms with Gasteiger partial charge in [-0.05, 0) is 40.5 Å². The van der Waals surface area contributed by atoms with Gasteiger partial charge in [-0.3, -0.25) is 4.99 Å². The van der Waals surface area contributed by atoms with Gasteiger partial charge in [-0.2, -0.15) is 0 Å². The molecule has 1 aliphatic rings. The van der Waals surface area contributed by atoms with E-state index in [-0.39, 0.29) is 16.6 Å². The van der Waals surface area contributed by atoms with Gasteiger partial charge in [0.1, 0.15) is 17.1 Å². The molecule has 0 fully saturated rings. The van der Waals surface area contributed by atoms with Crippen LogP contribution in [0.15, 0.2) is 78.2 Å². The highest BCUT2D eigenvalue weighted by Gasteiger charge is 2.27. The summed E-state index contributed by atoms with van der Waals surface area (Å²) in [4.78, 5) is 18.3. The number of fused-ring (bicyclic) bond motifs is 1. The number of aliphatic imine (C=N–C) groups is 1. The third-order valence-electron chi connectivity index (χ3n) is 4.43. The van der Waals surface area contributed by atoms with Crippen LogP contribution in [-0.4, -0.2) is 10.8 Å². The maximum absolute atomic E-state index is 12.5. The molecule has 2 aromatic carbocycles. The molecule has 0 amide bonds. The van der Waals surface area contributed by atoms with Crippen molar-refractivity contribution in [1.82, 2.24) is 0 Å². The average Bonchev–Trinajstić information content (AvgIpc) is 2.86. The van der Waals surface area contributed by atoms with E-state index in [4.69, 9.17) is 9.41 Å². The first-order valence-corrected chi connectivity index (χ1v) is 10.1. The Bertz CT molecular complexity index is 1090. The van der Waals surface area contributed by atoms with Crippen molar-refractivity contribution in [3.63, 3.8) is 0 Å². The highest BCUT2D eigenvalue weighted by atomic mass is 79.9. The number of halogens is 1. The van der Waals surface area contributed by atoms with Gasteiger partial charge < -0.3 is 9.52 Å². The summed E-state index contributed by atoms with van der Waals surface area (Å²) < 4.78 is 5.67. The molecule has 3 aromatic rings. The summed E-state index contributed by atoms with van der Waals surface area (Å²) in [5.74, 6) is 0.212. The number of nitrogens with zero attached hydrogens (tertiary/aromatic N) is 1. The summed E-state index contributed by atoms with van der Waals surface area (Å²) in [5.41, 5.74) is 1.98. The molecular weight excluding hydrogens is 426 g/mol. The lowest BCUT2D eigenvalue weighted by atomic mass is 10.0. The standard InChI is InChI=1S/C21H16BrNO3S/c1-12-19(22)20(24)18(21(25)26-12)15-11-17(13-7-3-2-4-8-13)27-16-10-6-5-9-14(16)23-15/h2-10,17,24H,11H2,1H3/t17-/m1/s1. The molecular formula is C21H16BrNO3S. The van der Waals surface area contributed by atoms with Crippen LogP contribution in [-0.2, 0) is 0 Å². The van der Waals surface area contributed by atoms with E-state index < -0.39 is 5.63 Å². The predicted octanol–water partition coefficient (Wildman–Crippen LogP) is 5.77. The Morgan fingerprint density at radius 1 is 1.15 bits per heavy atom. The maximum atomic E-state index is 12.5. The van der Waals surface area contributed by atoms with Gasteiger partial charge in [0.25, 0.3) is 0 Å². The number of aryl methyl sites for hydroxylation is 1. The molecule has 27 heavy (non-hydrogen) atoms. The quantitative estimate of drug-likeness (QED) is 0.547. The minimum atomic E-state index is -0.580. The lowest BCUT2D eigenvalue weighted by molar-refractivity contribution is 0.426. The second-order valence-electron chi connectivity index (χ2n) is 6.23. The van der Waals surface area contributed by atoms with E-state index in [0.29, 0.717) is 22.4 Å². The number of benzene rings is 2. The van der Waals surface area contributed by atoms with Crippen LogP contribution in [0.5, 0.6) is 5.75 Å². The molecule has 4 nitrogen and oxygen atoms in total. The Morgan fingerprint density at radius 3 is 2.63 bits per heavy atom. The third-order valence-corrected chi connectivity index (χ3v) is 6.69. The first kappa shape index (κ1) is 18.1. The first-order chi connectivity index (χ1) is 13.0. The minimum absolute atomic E-state index is 0.0625. The zero-order valence-electron chi connectivity index (χ0n) is 14.5. The minimum Gasteiger partial charge on any atom is -0.506 e. The molecule has 0 aliphatic carbocycles. The molecule has 6 heteroatoms. The number of hydrogen-bond acceptors (Lipinski definition) is 5. The van der Waals surface area contributed by atoms with Crippen molar-refractivity contribution in [2.24, 2.45) is 4.99 Å². The van der Waals surface area contributed by atoms with Crippen molar-refractivity contribution in [3.05, 3.63) is 86.4 Å². The topological polar surface area (TPSA) is 62.8 Å². The Kier molecular flexibility index (Phi) is 4.93. The Labute approximate surface area is 169 Å². The van der Waals surface area contributed by atoms with Gasteiger partial charge in [0.05, 0.1) is 15.9 Å². The number of rotatable bonds is 2. The fourth-order valence-corrected chi connectivity index (χ4v) is 4.60. The average molecular weight is 442 g/mol. The van der Waals surface area contributed by atoms with E-state index >= 15 is 0 Å². The highest BCUT2D eigenvalue weighted by Crippen LogP contribution is 2.46. The molecule has 2 heterocycles. The SMILES string of the molecule is Cc1oc(=O)c(C2=Nc3ccccc3S[C@@H](c3ccccc3)C2)c(O)c1Br. The van der Waals surface area contributed by atoms with Crippen LogP contribution in [0.4, 0.5) is 5.69 Å². The van der Waals surface area contributed by atoms with Crippen LogP contribution in [0.2, 0.25) is 0 Å². The number of hydrogen-bond donors (Lipinski definition) is 1. The lowest BCUT2D eigenvalue weighted by Gasteiger charge is -2.16. The summed E-state index contributed by atoms with van der Waals surface area (Å²) in [6, 6.07) is 17.9. The van der Waals surface area contributed by atoms with E-state index in [1.54, 1.807) is 18.7 Å². The molecule has 1 atom stereocenters. The fourth-order valence-electron chi connectivity index (χ4n) is 3.08. The second kappa shape index (κ2) is 7.37. The van der Waals surface area contributed by atoms with Crippen molar-refractivity contribution in [3.8, 4) is 5.75 Å². The molecule has 1 aliphatic heterocycles. The van der Waals surface area contributed by atoms with E-state index in [9.17, 15) is 9.90 Å². The van der Waals surface area contributed by atoms with Crippen molar-refractivity contribution in [2.45, 2.75) is 23.5 Å². The van der Waals surface area contributed by atoms with Crippen LogP contribution in [0.1, 0.15) is 28.6 Å². The van der Waals surface area contributed by atoms with Crippen molar-refractivity contribution in [2.75, 3.05) is 0 Å². The monoisotopic (exact) mass is 441 g/mol. The zero-order chi connectivity index (χ0) is 19.0. The van der Waals surface area contributed by atoms with Gasteiger partial charge >= 0.3 is 5.63 Å². The Hall–Kier alpha value is -2.31. The summed E-state index contributed by atoms with van der Waals surface area (Å²) in [7, 11) is 0. The molecule has 0 saturated carbocycles. The molecule has 0 radical (unpaired) electrons. The van der Waals surface area contributed by atoms with Gasteiger partial charge in [0, 0.05) is 16.6 Å². The largest absolute Gasteiger partial charge is 0.506 e. The van der Waals surface area contributed by atoms with Crippen LogP contribution in [0.25, 0.3) is 0 Å². The highest BCUT2D eigenvalue weighted by molar-refractivity contribution is 9.10. The summed E-state index contributed by atoms with van der Waals surface area (Å²) >= 11 is 5.01. The number of aromatic hydroxyl groups is 1. The first-order valence-electron chi connectivity index (χ1n) is 8.45. The lowest BCUT2D eigenvalue weighted by Crippen LogP contribution is -2.17. The molecule has 136 valence electrons. The summed E-state index contributed by atoms with van der Waals surface area (Å²) in [6.45, 7) is 1.63. The fraction of sp³-hybridized carbons (Fsp3) is 0.143. The molecule has 4 rings (SSSR count). The normalized spacial score (nSPS) is 16.4. The summed E-state index contributed by atoms with van der Waals surface area (Å²) in [6.07, 6.45) is 0.497. The number of thioether (sulfide) groups is 1. The maximum Gasteiger partial charge on any atom is 0.348 e. The van der Waals surface area contributed by atoms with E-state index in [2.05, 4.69) is 28.1 Å². The predicted molar refractivity (Wildman–Crippen MR) is 111 cm³/mol. The Morgan fingerprint density at radius 2 is 1.85 bits per heavy atom. The third kappa shape index (κ3) is 3.47. The molecule has 1 aromatic heterocycles. The van der Waals surface area contributed by atoms with E-state index in [1.807, 2.05) is 42.5 Å². The van der Waals surface area contributed by atoms with Crippen LogP contribution < -0.4 is 5.63 Å². The molecule has 0 spiro atoms. The van der Waals surface area contributed by atoms with Gasteiger partial charge in [0.15, 0.2) is 0 Å². The van der Waals surface area contributed by atoms with Gasteiger partial charge in [-0.1, -0.05) is 42.5 Å². The molecule has 1 N–H and O–H groups in total. The zero-order valence-corrected chi connectivity index (χ0v) is 16.9.